The first kappa shape index (κ1) is 12.6. The van der Waals surface area contributed by atoms with E-state index in [9.17, 15) is 9.59 Å². The molecule has 2 N–H and O–H groups in total. The molecule has 6 nitrogen and oxygen atoms in total. The van der Waals surface area contributed by atoms with Crippen molar-refractivity contribution in [1.29, 1.82) is 0 Å². The van der Waals surface area contributed by atoms with Gasteiger partial charge in [-0.15, -0.1) is 0 Å². The first-order chi connectivity index (χ1) is 7.58. The van der Waals surface area contributed by atoms with Gasteiger partial charge in [0, 0.05) is 19.9 Å². The Morgan fingerprint density at radius 2 is 2.31 bits per heavy atom. The van der Waals surface area contributed by atoms with E-state index in [1.54, 1.807) is 0 Å². The van der Waals surface area contributed by atoms with Gasteiger partial charge >= 0.3 is 0 Å². The minimum absolute atomic E-state index is 0.0919. The molecule has 0 radical (unpaired) electrons. The lowest BCUT2D eigenvalue weighted by Crippen LogP contribution is -2.43. The van der Waals surface area contributed by atoms with E-state index in [0.29, 0.717) is 25.0 Å². The van der Waals surface area contributed by atoms with Gasteiger partial charge in [0.05, 0.1) is 12.6 Å². The number of nitrogens with one attached hydrogen (secondary N) is 1. The van der Waals surface area contributed by atoms with Gasteiger partial charge < -0.3 is 10.4 Å². The molecule has 16 heavy (non-hydrogen) atoms. The van der Waals surface area contributed by atoms with Gasteiger partial charge in [0.2, 0.25) is 5.91 Å². The Morgan fingerprint density at radius 3 is 2.81 bits per heavy atom. The van der Waals surface area contributed by atoms with Crippen LogP contribution in [0.3, 0.4) is 0 Å². The molecule has 0 aliphatic carbocycles. The van der Waals surface area contributed by atoms with Crippen LogP contribution < -0.4 is 5.32 Å². The Labute approximate surface area is 94.3 Å². The molecule has 1 aliphatic heterocycles. The van der Waals surface area contributed by atoms with Crippen molar-refractivity contribution in [2.75, 3.05) is 13.7 Å². The normalized spacial score (nSPS) is 18.1. The topological polar surface area (TPSA) is 82.0 Å². The van der Waals surface area contributed by atoms with E-state index in [4.69, 9.17) is 5.11 Å². The number of carbonyl (C=O) groups excluding carboxylic acids is 2. The van der Waals surface area contributed by atoms with Gasteiger partial charge in [-0.2, -0.15) is 5.10 Å². The van der Waals surface area contributed by atoms with Crippen molar-refractivity contribution in [3.63, 3.8) is 0 Å². The zero-order chi connectivity index (χ0) is 12.1. The predicted molar refractivity (Wildman–Crippen MR) is 58.7 cm³/mol. The number of aliphatic hydroxyl groups is 1. The minimum Gasteiger partial charge on any atom is -0.394 e. The summed E-state index contributed by atoms with van der Waals surface area (Å²) in [7, 11) is 1.53. The standard InChI is InChI=1S/C10H17N3O3/c1-3-7(6-14)11-10(16)8-4-5-9(15)13(2)12-8/h7,14H,3-6H2,1-2H3,(H,11,16). The number of hydrogen-bond acceptors (Lipinski definition) is 4. The van der Waals surface area contributed by atoms with E-state index in [1.165, 1.54) is 12.1 Å². The van der Waals surface area contributed by atoms with E-state index >= 15 is 0 Å². The Morgan fingerprint density at radius 1 is 1.62 bits per heavy atom. The maximum atomic E-state index is 11.7. The fraction of sp³-hybridized carbons (Fsp3) is 0.700. The first-order valence-corrected chi connectivity index (χ1v) is 5.34. The van der Waals surface area contributed by atoms with E-state index < -0.39 is 0 Å². The van der Waals surface area contributed by atoms with Crippen LogP contribution in [0.4, 0.5) is 0 Å². The maximum absolute atomic E-state index is 11.7. The molecule has 1 heterocycles. The number of aliphatic hydroxyl groups excluding tert-OH is 1. The molecule has 0 bridgehead atoms. The lowest BCUT2D eigenvalue weighted by molar-refractivity contribution is -0.130. The van der Waals surface area contributed by atoms with Gasteiger partial charge in [0.15, 0.2) is 0 Å². The number of nitrogens with zero attached hydrogens (tertiary/aromatic N) is 2. The summed E-state index contributed by atoms with van der Waals surface area (Å²) in [5.41, 5.74) is 0.342. The highest BCUT2D eigenvalue weighted by Gasteiger charge is 2.22. The van der Waals surface area contributed by atoms with Gasteiger partial charge in [-0.3, -0.25) is 9.59 Å². The zero-order valence-electron chi connectivity index (χ0n) is 9.56. The number of hydrazone groups is 1. The van der Waals surface area contributed by atoms with Crippen LogP contribution in [0.25, 0.3) is 0 Å². The molecule has 90 valence electrons. The average molecular weight is 227 g/mol. The highest BCUT2D eigenvalue weighted by atomic mass is 16.3. The van der Waals surface area contributed by atoms with Gasteiger partial charge in [0.1, 0.15) is 5.71 Å². The van der Waals surface area contributed by atoms with Crippen LogP contribution >= 0.6 is 0 Å². The van der Waals surface area contributed by atoms with Gasteiger partial charge in [-0.1, -0.05) is 6.92 Å². The van der Waals surface area contributed by atoms with Crippen LogP contribution in [0.5, 0.6) is 0 Å². The first-order valence-electron chi connectivity index (χ1n) is 5.34. The number of hydrogen-bond donors (Lipinski definition) is 2. The molecule has 0 saturated carbocycles. The van der Waals surface area contributed by atoms with Crippen LogP contribution in [0.2, 0.25) is 0 Å². The second-order valence-corrected chi connectivity index (χ2v) is 3.73. The van der Waals surface area contributed by atoms with Crippen molar-refractivity contribution in [1.82, 2.24) is 10.3 Å². The molecule has 0 fully saturated rings. The molecule has 0 saturated heterocycles. The summed E-state index contributed by atoms with van der Waals surface area (Å²) in [5.74, 6) is -0.397. The lowest BCUT2D eigenvalue weighted by Gasteiger charge is -2.20. The Kier molecular flexibility index (Phi) is 4.42. The third kappa shape index (κ3) is 3.03. The van der Waals surface area contributed by atoms with Crippen LogP contribution in [-0.2, 0) is 9.59 Å². The van der Waals surface area contributed by atoms with Crippen molar-refractivity contribution in [2.24, 2.45) is 5.10 Å². The summed E-state index contributed by atoms with van der Waals surface area (Å²) in [6.07, 6.45) is 1.32. The van der Waals surface area contributed by atoms with E-state index in [2.05, 4.69) is 10.4 Å². The van der Waals surface area contributed by atoms with Crippen molar-refractivity contribution in [2.45, 2.75) is 32.2 Å². The summed E-state index contributed by atoms with van der Waals surface area (Å²) in [6.45, 7) is 1.78. The lowest BCUT2D eigenvalue weighted by atomic mass is 10.1. The summed E-state index contributed by atoms with van der Waals surface area (Å²) < 4.78 is 0. The fourth-order valence-corrected chi connectivity index (χ4v) is 1.38. The summed E-state index contributed by atoms with van der Waals surface area (Å²) >= 11 is 0. The molecule has 2 amide bonds. The molecule has 0 aromatic heterocycles. The predicted octanol–water partition coefficient (Wildman–Crippen LogP) is -0.518. The molecular weight excluding hydrogens is 210 g/mol. The molecular formula is C10H17N3O3. The van der Waals surface area contributed by atoms with Gasteiger partial charge in [-0.05, 0) is 6.42 Å². The van der Waals surface area contributed by atoms with Crippen LogP contribution in [0.15, 0.2) is 5.10 Å². The summed E-state index contributed by atoms with van der Waals surface area (Å²) in [5, 5.41) is 16.7. The number of amides is 2. The van der Waals surface area contributed by atoms with Crippen molar-refractivity contribution in [3.8, 4) is 0 Å². The minimum atomic E-state index is -0.305. The SMILES string of the molecule is CCC(CO)NC(=O)C1=NN(C)C(=O)CC1. The molecule has 0 aromatic carbocycles. The second kappa shape index (κ2) is 5.60. The van der Waals surface area contributed by atoms with Crippen LogP contribution in [0, 0.1) is 0 Å². The van der Waals surface area contributed by atoms with Crippen molar-refractivity contribution in [3.05, 3.63) is 0 Å². The highest BCUT2D eigenvalue weighted by molar-refractivity contribution is 6.39. The molecule has 0 aromatic rings. The van der Waals surface area contributed by atoms with Crippen LogP contribution in [0.1, 0.15) is 26.2 Å². The molecule has 1 atom stereocenters. The fourth-order valence-electron chi connectivity index (χ4n) is 1.38. The Bertz CT molecular complexity index is 310. The summed E-state index contributed by atoms with van der Waals surface area (Å²) in [4.78, 5) is 22.8. The average Bonchev–Trinajstić information content (AvgIpc) is 2.29. The Hall–Kier alpha value is -1.43. The molecule has 6 heteroatoms. The molecule has 0 spiro atoms. The van der Waals surface area contributed by atoms with Crippen LogP contribution in [-0.4, -0.2) is 47.3 Å². The Balaban J connectivity index is 2.61. The number of rotatable bonds is 4. The molecule has 1 rings (SSSR count). The van der Waals surface area contributed by atoms with E-state index in [1.807, 2.05) is 6.92 Å². The smallest absolute Gasteiger partial charge is 0.267 e. The third-order valence-corrected chi connectivity index (χ3v) is 2.52. The van der Waals surface area contributed by atoms with Crippen molar-refractivity contribution >= 4 is 17.5 Å². The van der Waals surface area contributed by atoms with Gasteiger partial charge in [0.25, 0.3) is 5.91 Å². The summed E-state index contributed by atoms with van der Waals surface area (Å²) in [6, 6.07) is -0.252. The van der Waals surface area contributed by atoms with E-state index in [-0.39, 0.29) is 24.5 Å². The molecule has 1 aliphatic rings. The highest BCUT2D eigenvalue weighted by Crippen LogP contribution is 2.07. The second-order valence-electron chi connectivity index (χ2n) is 3.73. The largest absolute Gasteiger partial charge is 0.394 e. The monoisotopic (exact) mass is 227 g/mol. The van der Waals surface area contributed by atoms with E-state index in [0.717, 1.165) is 0 Å². The van der Waals surface area contributed by atoms with Gasteiger partial charge in [-0.25, -0.2) is 5.01 Å². The maximum Gasteiger partial charge on any atom is 0.267 e. The molecule has 1 unspecified atom stereocenters. The third-order valence-electron chi connectivity index (χ3n) is 2.52. The zero-order valence-corrected chi connectivity index (χ0v) is 9.56. The number of carbonyl (C=O) groups is 2. The van der Waals surface area contributed by atoms with Crippen molar-refractivity contribution < 1.29 is 14.7 Å². The quantitative estimate of drug-likeness (QED) is 0.678.